The molecule has 0 bridgehead atoms. The Labute approximate surface area is 140 Å². The van der Waals surface area contributed by atoms with E-state index in [2.05, 4.69) is 62.7 Å². The lowest BCUT2D eigenvalue weighted by atomic mass is 9.89. The fourth-order valence-corrected chi connectivity index (χ4v) is 3.26. The Hall–Kier alpha value is -1.07. The Morgan fingerprint density at radius 3 is 2.55 bits per heavy atom. The molecule has 1 saturated heterocycles. The molecule has 2 N–H and O–H groups in total. The highest BCUT2D eigenvalue weighted by Gasteiger charge is 2.44. The first-order valence-corrected chi connectivity index (χ1v) is 8.63. The summed E-state index contributed by atoms with van der Waals surface area (Å²) in [4.78, 5) is 4.34. The molecular formula is C17H24BrN3O. The average molecular weight is 366 g/mol. The number of benzene rings is 1. The van der Waals surface area contributed by atoms with E-state index in [1.165, 1.54) is 18.4 Å². The monoisotopic (exact) mass is 365 g/mol. The van der Waals surface area contributed by atoms with E-state index < -0.39 is 0 Å². The number of hydrogen-bond acceptors (Lipinski definition) is 2. The Morgan fingerprint density at radius 1 is 1.27 bits per heavy atom. The molecular weight excluding hydrogens is 342 g/mol. The molecule has 1 aliphatic heterocycles. The number of ether oxygens (including phenoxy) is 1. The van der Waals surface area contributed by atoms with Gasteiger partial charge in [-0.25, -0.2) is 0 Å². The van der Waals surface area contributed by atoms with Crippen molar-refractivity contribution in [2.45, 2.75) is 25.2 Å². The number of hydrogen-bond donors (Lipinski definition) is 2. The molecule has 3 rings (SSSR count). The molecule has 1 aliphatic carbocycles. The van der Waals surface area contributed by atoms with Crippen molar-refractivity contribution in [2.24, 2.45) is 10.4 Å². The summed E-state index contributed by atoms with van der Waals surface area (Å²) in [6.45, 7) is 5.73. The van der Waals surface area contributed by atoms with E-state index in [4.69, 9.17) is 4.74 Å². The van der Waals surface area contributed by atoms with Crippen LogP contribution >= 0.6 is 15.9 Å². The van der Waals surface area contributed by atoms with Gasteiger partial charge in [0.15, 0.2) is 5.96 Å². The van der Waals surface area contributed by atoms with Gasteiger partial charge < -0.3 is 15.4 Å². The van der Waals surface area contributed by atoms with Crippen molar-refractivity contribution >= 4 is 21.9 Å². The SMILES string of the molecule is CN=C(NCC1(C)COC1)NCC1(c2cccc(Br)c2)CC1. The molecule has 2 aliphatic rings. The average Bonchev–Trinajstić information content (AvgIpc) is 3.27. The second-order valence-electron chi connectivity index (χ2n) is 6.87. The molecule has 4 nitrogen and oxygen atoms in total. The van der Waals surface area contributed by atoms with Crippen LogP contribution in [0.2, 0.25) is 0 Å². The van der Waals surface area contributed by atoms with Crippen molar-refractivity contribution in [2.75, 3.05) is 33.4 Å². The van der Waals surface area contributed by atoms with Crippen molar-refractivity contribution in [1.29, 1.82) is 0 Å². The lowest BCUT2D eigenvalue weighted by Gasteiger charge is -2.38. The predicted molar refractivity (Wildman–Crippen MR) is 93.3 cm³/mol. The third-order valence-corrected chi connectivity index (χ3v) is 5.19. The van der Waals surface area contributed by atoms with Gasteiger partial charge in [0.2, 0.25) is 0 Å². The number of aliphatic imine (C=N–C) groups is 1. The largest absolute Gasteiger partial charge is 0.380 e. The van der Waals surface area contributed by atoms with Crippen LogP contribution in [0.3, 0.4) is 0 Å². The van der Waals surface area contributed by atoms with Crippen molar-refractivity contribution in [1.82, 2.24) is 10.6 Å². The standard InChI is InChI=1S/C17H24BrN3O/c1-16(11-22-12-16)9-20-15(19-2)21-10-17(6-7-17)13-4-3-5-14(18)8-13/h3-5,8H,6-7,9-12H2,1-2H3,(H2,19,20,21). The van der Waals surface area contributed by atoms with Gasteiger partial charge in [-0.15, -0.1) is 0 Å². The summed E-state index contributed by atoms with van der Waals surface area (Å²) in [5.74, 6) is 0.884. The Kier molecular flexibility index (Phi) is 4.46. The number of nitrogens with one attached hydrogen (secondary N) is 2. The first-order chi connectivity index (χ1) is 10.6. The van der Waals surface area contributed by atoms with Gasteiger partial charge >= 0.3 is 0 Å². The molecule has 0 amide bonds. The topological polar surface area (TPSA) is 45.7 Å². The summed E-state index contributed by atoms with van der Waals surface area (Å²) in [7, 11) is 1.83. The van der Waals surface area contributed by atoms with E-state index in [0.29, 0.717) is 0 Å². The molecule has 1 heterocycles. The van der Waals surface area contributed by atoms with Crippen molar-refractivity contribution in [3.8, 4) is 0 Å². The molecule has 120 valence electrons. The Bertz CT molecular complexity index is 565. The number of halogens is 1. The molecule has 5 heteroatoms. The highest BCUT2D eigenvalue weighted by Crippen LogP contribution is 2.48. The van der Waals surface area contributed by atoms with Crippen LogP contribution in [0.5, 0.6) is 0 Å². The minimum atomic E-state index is 0.249. The zero-order chi connectivity index (χ0) is 15.6. The van der Waals surface area contributed by atoms with Crippen LogP contribution in [-0.4, -0.2) is 39.3 Å². The van der Waals surface area contributed by atoms with E-state index in [1.807, 2.05) is 7.05 Å². The normalized spacial score (nSPS) is 21.9. The first-order valence-electron chi connectivity index (χ1n) is 7.84. The minimum absolute atomic E-state index is 0.249. The maximum Gasteiger partial charge on any atom is 0.191 e. The van der Waals surface area contributed by atoms with Crippen molar-refractivity contribution in [3.05, 3.63) is 34.3 Å². The summed E-state index contributed by atoms with van der Waals surface area (Å²) in [6, 6.07) is 8.65. The van der Waals surface area contributed by atoms with Gasteiger partial charge in [0.05, 0.1) is 13.2 Å². The van der Waals surface area contributed by atoms with Crippen LogP contribution < -0.4 is 10.6 Å². The summed E-state index contributed by atoms with van der Waals surface area (Å²) in [5, 5.41) is 6.92. The van der Waals surface area contributed by atoms with E-state index in [1.54, 1.807) is 0 Å². The highest BCUT2D eigenvalue weighted by molar-refractivity contribution is 9.10. The lowest BCUT2D eigenvalue weighted by Crippen LogP contribution is -2.51. The molecule has 2 fully saturated rings. The maximum atomic E-state index is 5.29. The van der Waals surface area contributed by atoms with Crippen LogP contribution in [-0.2, 0) is 10.2 Å². The van der Waals surface area contributed by atoms with Crippen LogP contribution in [0, 0.1) is 5.41 Å². The third kappa shape index (κ3) is 3.46. The van der Waals surface area contributed by atoms with Gasteiger partial charge in [0, 0.05) is 35.4 Å². The molecule has 0 spiro atoms. The molecule has 0 atom stereocenters. The van der Waals surface area contributed by atoms with Crippen LogP contribution in [0.15, 0.2) is 33.7 Å². The zero-order valence-corrected chi connectivity index (χ0v) is 14.9. The van der Waals surface area contributed by atoms with Gasteiger partial charge in [-0.2, -0.15) is 0 Å². The summed E-state index contributed by atoms with van der Waals surface area (Å²) in [5.41, 5.74) is 1.92. The Balaban J connectivity index is 1.54. The highest BCUT2D eigenvalue weighted by atomic mass is 79.9. The predicted octanol–water partition coefficient (Wildman–Crippen LogP) is 2.68. The number of rotatable bonds is 5. The maximum absolute atomic E-state index is 5.29. The molecule has 1 aromatic carbocycles. The fraction of sp³-hybridized carbons (Fsp3) is 0.588. The number of nitrogens with zero attached hydrogens (tertiary/aromatic N) is 1. The smallest absolute Gasteiger partial charge is 0.191 e. The Morgan fingerprint density at radius 2 is 2.00 bits per heavy atom. The summed E-state index contributed by atoms with van der Waals surface area (Å²) < 4.78 is 6.44. The molecule has 1 saturated carbocycles. The van der Waals surface area contributed by atoms with Crippen molar-refractivity contribution in [3.63, 3.8) is 0 Å². The van der Waals surface area contributed by atoms with Gasteiger partial charge in [0.25, 0.3) is 0 Å². The fourth-order valence-electron chi connectivity index (χ4n) is 2.86. The van der Waals surface area contributed by atoms with Crippen molar-refractivity contribution < 1.29 is 4.74 Å². The van der Waals surface area contributed by atoms with E-state index in [-0.39, 0.29) is 10.8 Å². The molecule has 0 aromatic heterocycles. The van der Waals surface area contributed by atoms with E-state index in [0.717, 1.165) is 36.7 Å². The molecule has 0 unspecified atom stereocenters. The quantitative estimate of drug-likeness (QED) is 0.622. The zero-order valence-electron chi connectivity index (χ0n) is 13.3. The molecule has 0 radical (unpaired) electrons. The number of guanidine groups is 1. The van der Waals surface area contributed by atoms with E-state index >= 15 is 0 Å². The second-order valence-corrected chi connectivity index (χ2v) is 7.79. The van der Waals surface area contributed by atoms with Crippen LogP contribution in [0.4, 0.5) is 0 Å². The molecule has 22 heavy (non-hydrogen) atoms. The van der Waals surface area contributed by atoms with E-state index in [9.17, 15) is 0 Å². The van der Waals surface area contributed by atoms with Crippen LogP contribution in [0.1, 0.15) is 25.3 Å². The minimum Gasteiger partial charge on any atom is -0.380 e. The van der Waals surface area contributed by atoms with Gasteiger partial charge in [-0.1, -0.05) is 35.0 Å². The molecule has 1 aromatic rings. The van der Waals surface area contributed by atoms with Crippen LogP contribution in [0.25, 0.3) is 0 Å². The van der Waals surface area contributed by atoms with Gasteiger partial charge in [0.1, 0.15) is 0 Å². The van der Waals surface area contributed by atoms with Gasteiger partial charge in [-0.05, 0) is 30.5 Å². The summed E-state index contributed by atoms with van der Waals surface area (Å²) >= 11 is 3.57. The summed E-state index contributed by atoms with van der Waals surface area (Å²) in [6.07, 6.45) is 2.47. The lowest BCUT2D eigenvalue weighted by molar-refractivity contribution is -0.0971. The first kappa shape index (κ1) is 15.8. The third-order valence-electron chi connectivity index (χ3n) is 4.69. The second kappa shape index (κ2) is 6.20. The van der Waals surface area contributed by atoms with Gasteiger partial charge in [-0.3, -0.25) is 4.99 Å².